The molecule has 4 rings (SSSR count). The highest BCUT2D eigenvalue weighted by Crippen LogP contribution is 2.40. The van der Waals surface area contributed by atoms with Crippen LogP contribution in [-0.4, -0.2) is 26.3 Å². The Balaban J connectivity index is 1.87. The van der Waals surface area contributed by atoms with E-state index in [-0.39, 0.29) is 0 Å². The van der Waals surface area contributed by atoms with Gasteiger partial charge < -0.3 is 9.64 Å². The molecule has 22 heavy (non-hydrogen) atoms. The molecule has 2 nitrogen and oxygen atoms in total. The second-order valence-corrected chi connectivity index (χ2v) is 6.68. The van der Waals surface area contributed by atoms with E-state index in [9.17, 15) is 0 Å². The van der Waals surface area contributed by atoms with Crippen molar-refractivity contribution in [1.82, 2.24) is 0 Å². The van der Waals surface area contributed by atoms with Gasteiger partial charge in [-0.25, -0.2) is 0 Å². The quantitative estimate of drug-likeness (QED) is 0.679. The molecule has 3 heteroatoms. The van der Waals surface area contributed by atoms with Crippen LogP contribution >= 0.6 is 11.3 Å². The van der Waals surface area contributed by atoms with Crippen LogP contribution in [0.5, 0.6) is 0 Å². The van der Waals surface area contributed by atoms with E-state index < -0.39 is 0 Å². The van der Waals surface area contributed by atoms with Gasteiger partial charge in [0, 0.05) is 34.4 Å². The topological polar surface area (TPSA) is 12.5 Å². The predicted octanol–water partition coefficient (Wildman–Crippen LogP) is 4.71. The number of hydrogen-bond acceptors (Lipinski definition) is 3. The van der Waals surface area contributed by atoms with Crippen LogP contribution in [0.1, 0.15) is 5.56 Å². The maximum Gasteiger partial charge on any atom is 0.0642 e. The number of morpholine rings is 1. The molecule has 112 valence electrons. The molecule has 0 unspecified atom stereocenters. The second-order valence-electron chi connectivity index (χ2n) is 5.77. The number of benzene rings is 2. The maximum absolute atomic E-state index is 5.50. The monoisotopic (exact) mass is 309 g/mol. The zero-order chi connectivity index (χ0) is 14.9. The fraction of sp³-hybridized carbons (Fsp3) is 0.263. The number of fused-ring (bicyclic) bond motifs is 1. The fourth-order valence-corrected chi connectivity index (χ4v) is 4.07. The summed E-state index contributed by atoms with van der Waals surface area (Å²) in [7, 11) is 0. The van der Waals surface area contributed by atoms with Crippen LogP contribution in [0.4, 0.5) is 5.69 Å². The number of nitrogens with zero attached hydrogens (tertiary/aromatic N) is 1. The van der Waals surface area contributed by atoms with E-state index in [1.807, 2.05) is 11.3 Å². The average Bonchev–Trinajstić information content (AvgIpc) is 3.00. The van der Waals surface area contributed by atoms with E-state index in [1.54, 1.807) is 0 Å². The Hall–Kier alpha value is -1.84. The Kier molecular flexibility index (Phi) is 3.60. The molecule has 1 aromatic heterocycles. The van der Waals surface area contributed by atoms with Crippen LogP contribution < -0.4 is 4.90 Å². The van der Waals surface area contributed by atoms with Crippen molar-refractivity contribution in [2.24, 2.45) is 0 Å². The van der Waals surface area contributed by atoms with Crippen LogP contribution in [0.25, 0.3) is 21.2 Å². The summed E-state index contributed by atoms with van der Waals surface area (Å²) in [6.45, 7) is 5.72. The van der Waals surface area contributed by atoms with Crippen molar-refractivity contribution in [1.29, 1.82) is 0 Å². The minimum Gasteiger partial charge on any atom is -0.378 e. The SMILES string of the molecule is Cc1ccc(-c2csc3cccc(N4CCOCC4)c23)cc1. The van der Waals surface area contributed by atoms with Gasteiger partial charge in [0.1, 0.15) is 0 Å². The summed E-state index contributed by atoms with van der Waals surface area (Å²) in [5.41, 5.74) is 5.30. The van der Waals surface area contributed by atoms with Gasteiger partial charge >= 0.3 is 0 Å². The van der Waals surface area contributed by atoms with Gasteiger partial charge in [0.05, 0.1) is 13.2 Å². The maximum atomic E-state index is 5.50. The Bertz CT molecular complexity index is 785. The number of anilines is 1. The lowest BCUT2D eigenvalue weighted by Crippen LogP contribution is -2.36. The molecule has 0 bridgehead atoms. The van der Waals surface area contributed by atoms with E-state index >= 15 is 0 Å². The molecular weight excluding hydrogens is 290 g/mol. The zero-order valence-electron chi connectivity index (χ0n) is 12.7. The van der Waals surface area contributed by atoms with Gasteiger partial charge in [0.2, 0.25) is 0 Å². The summed E-state index contributed by atoms with van der Waals surface area (Å²) in [6, 6.07) is 15.5. The van der Waals surface area contributed by atoms with Crippen molar-refractivity contribution in [2.75, 3.05) is 31.2 Å². The predicted molar refractivity (Wildman–Crippen MR) is 95.0 cm³/mol. The highest BCUT2D eigenvalue weighted by atomic mass is 32.1. The molecule has 0 aliphatic carbocycles. The van der Waals surface area contributed by atoms with E-state index in [1.165, 1.54) is 32.5 Å². The summed E-state index contributed by atoms with van der Waals surface area (Å²) in [5.74, 6) is 0. The van der Waals surface area contributed by atoms with Gasteiger partial charge in [-0.15, -0.1) is 11.3 Å². The summed E-state index contributed by atoms with van der Waals surface area (Å²) >= 11 is 1.83. The molecule has 1 fully saturated rings. The first kappa shape index (κ1) is 13.8. The van der Waals surface area contributed by atoms with Crippen molar-refractivity contribution in [3.05, 3.63) is 53.4 Å². The Morgan fingerprint density at radius 3 is 2.55 bits per heavy atom. The summed E-state index contributed by atoms with van der Waals surface area (Å²) < 4.78 is 6.86. The van der Waals surface area contributed by atoms with Gasteiger partial charge in [-0.3, -0.25) is 0 Å². The lowest BCUT2D eigenvalue weighted by Gasteiger charge is -2.29. The fourth-order valence-electron chi connectivity index (χ4n) is 3.08. The molecule has 1 saturated heterocycles. The molecular formula is C19H19NOS. The van der Waals surface area contributed by atoms with Gasteiger partial charge in [-0.2, -0.15) is 0 Å². The number of aryl methyl sites for hydroxylation is 1. The van der Waals surface area contributed by atoms with E-state index in [2.05, 4.69) is 59.7 Å². The van der Waals surface area contributed by atoms with Gasteiger partial charge in [0.25, 0.3) is 0 Å². The molecule has 0 radical (unpaired) electrons. The smallest absolute Gasteiger partial charge is 0.0642 e. The highest BCUT2D eigenvalue weighted by molar-refractivity contribution is 7.17. The molecule has 0 spiro atoms. The largest absolute Gasteiger partial charge is 0.378 e. The molecule has 0 amide bonds. The van der Waals surface area contributed by atoms with Crippen LogP contribution in [0.3, 0.4) is 0 Å². The Morgan fingerprint density at radius 2 is 1.77 bits per heavy atom. The van der Waals surface area contributed by atoms with Crippen LogP contribution in [0, 0.1) is 6.92 Å². The van der Waals surface area contributed by atoms with E-state index in [4.69, 9.17) is 4.74 Å². The van der Waals surface area contributed by atoms with E-state index in [0.717, 1.165) is 26.3 Å². The average molecular weight is 309 g/mol. The normalized spacial score (nSPS) is 15.4. The van der Waals surface area contributed by atoms with Crippen molar-refractivity contribution >= 4 is 27.1 Å². The Labute approximate surface area is 135 Å². The summed E-state index contributed by atoms with van der Waals surface area (Å²) in [4.78, 5) is 2.45. The minimum absolute atomic E-state index is 0.820. The van der Waals surface area contributed by atoms with Crippen LogP contribution in [0.15, 0.2) is 47.8 Å². The standard InChI is InChI=1S/C19H19NOS/c1-14-5-7-15(8-6-14)16-13-22-18-4-2-3-17(19(16)18)20-9-11-21-12-10-20/h2-8,13H,9-12H2,1H3. The molecule has 3 aromatic rings. The summed E-state index contributed by atoms with van der Waals surface area (Å²) in [6.07, 6.45) is 0. The molecule has 0 N–H and O–H groups in total. The number of ether oxygens (including phenoxy) is 1. The molecule has 1 aliphatic rings. The van der Waals surface area contributed by atoms with Gasteiger partial charge in [-0.1, -0.05) is 35.9 Å². The van der Waals surface area contributed by atoms with Crippen molar-refractivity contribution in [2.45, 2.75) is 6.92 Å². The van der Waals surface area contributed by atoms with Crippen LogP contribution in [-0.2, 0) is 4.74 Å². The van der Waals surface area contributed by atoms with Gasteiger partial charge in [-0.05, 0) is 30.0 Å². The third-order valence-corrected chi connectivity index (χ3v) is 5.24. The summed E-state index contributed by atoms with van der Waals surface area (Å²) in [5, 5.41) is 3.68. The number of thiophene rings is 1. The first-order valence-corrected chi connectivity index (χ1v) is 8.61. The molecule has 2 heterocycles. The lowest BCUT2D eigenvalue weighted by atomic mass is 10.0. The molecule has 2 aromatic carbocycles. The third-order valence-electron chi connectivity index (χ3n) is 4.29. The Morgan fingerprint density at radius 1 is 1.00 bits per heavy atom. The van der Waals surface area contributed by atoms with Crippen molar-refractivity contribution < 1.29 is 4.74 Å². The second kappa shape index (κ2) is 5.75. The first-order valence-electron chi connectivity index (χ1n) is 7.73. The lowest BCUT2D eigenvalue weighted by molar-refractivity contribution is 0.123. The number of hydrogen-bond donors (Lipinski definition) is 0. The minimum atomic E-state index is 0.820. The third kappa shape index (κ3) is 2.40. The van der Waals surface area contributed by atoms with Gasteiger partial charge in [0.15, 0.2) is 0 Å². The molecule has 0 saturated carbocycles. The number of rotatable bonds is 2. The molecule has 0 atom stereocenters. The highest BCUT2D eigenvalue weighted by Gasteiger charge is 2.17. The van der Waals surface area contributed by atoms with Crippen LogP contribution in [0.2, 0.25) is 0 Å². The van der Waals surface area contributed by atoms with Crippen molar-refractivity contribution in [3.8, 4) is 11.1 Å². The van der Waals surface area contributed by atoms with Crippen molar-refractivity contribution in [3.63, 3.8) is 0 Å². The molecule has 1 aliphatic heterocycles. The van der Waals surface area contributed by atoms with E-state index in [0.29, 0.717) is 0 Å². The zero-order valence-corrected chi connectivity index (χ0v) is 13.5. The first-order chi connectivity index (χ1) is 10.8.